The van der Waals surface area contributed by atoms with Gasteiger partial charge in [-0.15, -0.1) is 0 Å². The predicted octanol–water partition coefficient (Wildman–Crippen LogP) is 3.81. The van der Waals surface area contributed by atoms with Gasteiger partial charge in [-0.2, -0.15) is 12.6 Å². The number of alkyl carbamates (subject to hydrolysis) is 1. The van der Waals surface area contributed by atoms with Crippen LogP contribution in [0.1, 0.15) is 65.1 Å². The zero-order valence-electron chi connectivity index (χ0n) is 27.7. The van der Waals surface area contributed by atoms with Crippen molar-refractivity contribution in [2.24, 2.45) is 5.92 Å². The van der Waals surface area contributed by atoms with Gasteiger partial charge in [0, 0.05) is 31.9 Å². The van der Waals surface area contributed by atoms with Gasteiger partial charge in [-0.3, -0.25) is 38.8 Å². The molecule has 2 N–H and O–H groups in total. The number of nitrogens with zero attached hydrogens (tertiary/aromatic N) is 3. The van der Waals surface area contributed by atoms with Crippen molar-refractivity contribution in [2.75, 3.05) is 13.6 Å². The third kappa shape index (κ3) is 9.53. The van der Waals surface area contributed by atoms with Crippen LogP contribution in [0.25, 0.3) is 0 Å². The number of imide groups is 2. The SMILES string of the molecule is CNC(=O)[C@H](Cc1ccccn1)N(C(=O)C(S)CCCN1C(=O)c2ccccc2C1=O)C(=O)[C@H](CC(C)C)NC(=O)OCc1ccccc1. The first-order chi connectivity index (χ1) is 23.5. The van der Waals surface area contributed by atoms with Crippen LogP contribution in [0.4, 0.5) is 4.79 Å². The molecular formula is C36H41N5O7S. The van der Waals surface area contributed by atoms with Crippen molar-refractivity contribution < 1.29 is 33.5 Å². The highest BCUT2D eigenvalue weighted by Crippen LogP contribution is 2.24. The van der Waals surface area contributed by atoms with Crippen LogP contribution >= 0.6 is 12.6 Å². The topological polar surface area (TPSA) is 155 Å². The molecule has 1 aromatic heterocycles. The number of likely N-dealkylation sites (N-methyl/N-ethyl adjacent to an activating group) is 1. The van der Waals surface area contributed by atoms with Gasteiger partial charge in [-0.05, 0) is 55.0 Å². The van der Waals surface area contributed by atoms with E-state index in [1.165, 1.54) is 13.2 Å². The lowest BCUT2D eigenvalue weighted by Gasteiger charge is -2.34. The number of thiol groups is 1. The number of aromatic nitrogens is 1. The van der Waals surface area contributed by atoms with Crippen LogP contribution in [0.5, 0.6) is 0 Å². The Morgan fingerprint density at radius 2 is 1.53 bits per heavy atom. The summed E-state index contributed by atoms with van der Waals surface area (Å²) in [5.74, 6) is -3.13. The lowest BCUT2D eigenvalue weighted by Crippen LogP contribution is -2.60. The number of pyridine rings is 1. The Morgan fingerprint density at radius 3 is 2.12 bits per heavy atom. The molecule has 0 spiro atoms. The number of hydrogen-bond donors (Lipinski definition) is 3. The number of amides is 6. The summed E-state index contributed by atoms with van der Waals surface area (Å²) in [4.78, 5) is 86.8. The van der Waals surface area contributed by atoms with E-state index in [1.54, 1.807) is 66.7 Å². The van der Waals surface area contributed by atoms with Crippen LogP contribution in [0, 0.1) is 5.92 Å². The van der Waals surface area contributed by atoms with E-state index in [-0.39, 0.29) is 44.8 Å². The Hall–Kier alpha value is -5.04. The van der Waals surface area contributed by atoms with Crippen LogP contribution in [0.15, 0.2) is 79.0 Å². The largest absolute Gasteiger partial charge is 0.445 e. The van der Waals surface area contributed by atoms with Crippen LogP contribution in [-0.4, -0.2) is 81.3 Å². The fraction of sp³-hybridized carbons (Fsp3) is 0.361. The van der Waals surface area contributed by atoms with Gasteiger partial charge in [0.2, 0.25) is 11.8 Å². The molecule has 12 nitrogen and oxygen atoms in total. The Bertz CT molecular complexity index is 1620. The zero-order valence-corrected chi connectivity index (χ0v) is 28.6. The van der Waals surface area contributed by atoms with E-state index in [4.69, 9.17) is 4.74 Å². The minimum absolute atomic E-state index is 0.0300. The molecule has 6 amide bonds. The van der Waals surface area contributed by atoms with Gasteiger partial charge in [0.15, 0.2) is 0 Å². The van der Waals surface area contributed by atoms with Crippen LogP contribution in [0.2, 0.25) is 0 Å². The Balaban J connectivity index is 1.56. The number of fused-ring (bicyclic) bond motifs is 1. The Kier molecular flexibility index (Phi) is 13.1. The molecule has 258 valence electrons. The van der Waals surface area contributed by atoms with Crippen molar-refractivity contribution in [1.82, 2.24) is 25.4 Å². The second kappa shape index (κ2) is 17.4. The molecule has 0 aliphatic carbocycles. The van der Waals surface area contributed by atoms with Crippen LogP contribution < -0.4 is 10.6 Å². The number of carbonyl (C=O) groups is 6. The van der Waals surface area contributed by atoms with Crippen molar-refractivity contribution >= 4 is 48.3 Å². The van der Waals surface area contributed by atoms with E-state index in [2.05, 4.69) is 28.2 Å². The molecule has 1 aliphatic rings. The van der Waals surface area contributed by atoms with Gasteiger partial charge in [0.1, 0.15) is 18.7 Å². The van der Waals surface area contributed by atoms with E-state index < -0.39 is 53.0 Å². The van der Waals surface area contributed by atoms with Crippen molar-refractivity contribution in [3.05, 3.63) is 101 Å². The molecule has 4 rings (SSSR count). The van der Waals surface area contributed by atoms with Crippen molar-refractivity contribution in [3.63, 3.8) is 0 Å². The average Bonchev–Trinajstić information content (AvgIpc) is 3.35. The number of carbonyl (C=O) groups excluding carboxylic acids is 6. The second-order valence-corrected chi connectivity index (χ2v) is 12.7. The normalized spacial score (nSPS) is 14.1. The molecule has 0 radical (unpaired) electrons. The highest BCUT2D eigenvalue weighted by atomic mass is 32.1. The summed E-state index contributed by atoms with van der Waals surface area (Å²) in [5.41, 5.74) is 1.84. The molecule has 49 heavy (non-hydrogen) atoms. The third-order valence-corrected chi connectivity index (χ3v) is 8.48. The molecule has 0 fully saturated rings. The first-order valence-corrected chi connectivity index (χ1v) is 16.6. The summed E-state index contributed by atoms with van der Waals surface area (Å²) < 4.78 is 5.38. The lowest BCUT2D eigenvalue weighted by molar-refractivity contribution is -0.153. The van der Waals surface area contributed by atoms with E-state index in [0.717, 1.165) is 15.4 Å². The lowest BCUT2D eigenvalue weighted by atomic mass is 9.99. The molecule has 1 aliphatic heterocycles. The number of hydrogen-bond acceptors (Lipinski definition) is 9. The number of nitrogens with one attached hydrogen (secondary N) is 2. The van der Waals surface area contributed by atoms with Gasteiger partial charge in [-0.25, -0.2) is 4.79 Å². The van der Waals surface area contributed by atoms with Crippen LogP contribution in [0.3, 0.4) is 0 Å². The summed E-state index contributed by atoms with van der Waals surface area (Å²) in [7, 11) is 1.39. The van der Waals surface area contributed by atoms with Gasteiger partial charge >= 0.3 is 6.09 Å². The third-order valence-electron chi connectivity index (χ3n) is 8.00. The standard InChI is InChI=1S/C36H41N5O7S/c1-23(2)20-28(39-36(47)48-22-24-12-5-4-6-13-24)34(45)41(29(31(42)37-3)21-25-14-9-10-18-38-25)35(46)30(49)17-11-19-40-32(43)26-15-7-8-16-27(26)33(40)44/h4-10,12-16,18,23,28-30,49H,11,17,19-22H2,1-3H3,(H,37,42)(H,39,47)/t28-,29-,30?/m0/s1. The number of benzene rings is 2. The minimum Gasteiger partial charge on any atom is -0.445 e. The summed E-state index contributed by atoms with van der Waals surface area (Å²) >= 11 is 4.54. The molecule has 13 heteroatoms. The number of rotatable bonds is 15. The van der Waals surface area contributed by atoms with E-state index in [0.29, 0.717) is 16.8 Å². The molecule has 1 unspecified atom stereocenters. The molecule has 3 aromatic rings. The maximum atomic E-state index is 14.4. The average molecular weight is 688 g/mol. The molecule has 0 saturated carbocycles. The van der Waals surface area contributed by atoms with Crippen molar-refractivity contribution in [3.8, 4) is 0 Å². The smallest absolute Gasteiger partial charge is 0.408 e. The quantitative estimate of drug-likeness (QED) is 0.161. The zero-order chi connectivity index (χ0) is 35.5. The fourth-order valence-electron chi connectivity index (χ4n) is 5.54. The second-order valence-electron chi connectivity index (χ2n) is 12.1. The summed E-state index contributed by atoms with van der Waals surface area (Å²) in [6.07, 6.45) is 1.00. The molecule has 0 bridgehead atoms. The van der Waals surface area contributed by atoms with Gasteiger partial charge in [0.05, 0.1) is 16.4 Å². The number of ether oxygens (including phenoxy) is 1. The maximum Gasteiger partial charge on any atom is 0.408 e. The van der Waals surface area contributed by atoms with Gasteiger partial charge in [0.25, 0.3) is 17.7 Å². The molecule has 2 heterocycles. The van der Waals surface area contributed by atoms with Gasteiger partial charge in [-0.1, -0.05) is 62.4 Å². The maximum absolute atomic E-state index is 14.4. The molecular weight excluding hydrogens is 646 g/mol. The van der Waals surface area contributed by atoms with Gasteiger partial charge < -0.3 is 15.4 Å². The summed E-state index contributed by atoms with van der Waals surface area (Å²) in [6, 6.07) is 18.1. The first kappa shape index (κ1) is 36.8. The Labute approximate surface area is 291 Å². The fourth-order valence-corrected chi connectivity index (χ4v) is 5.84. The summed E-state index contributed by atoms with van der Waals surface area (Å²) in [6.45, 7) is 3.70. The monoisotopic (exact) mass is 687 g/mol. The van der Waals surface area contributed by atoms with Crippen molar-refractivity contribution in [1.29, 1.82) is 0 Å². The predicted molar refractivity (Wildman–Crippen MR) is 184 cm³/mol. The highest BCUT2D eigenvalue weighted by molar-refractivity contribution is 7.81. The summed E-state index contributed by atoms with van der Waals surface area (Å²) in [5, 5.41) is 4.05. The van der Waals surface area contributed by atoms with E-state index in [1.807, 2.05) is 19.9 Å². The minimum atomic E-state index is -1.33. The van der Waals surface area contributed by atoms with Crippen molar-refractivity contribution in [2.45, 2.75) is 63.5 Å². The van der Waals surface area contributed by atoms with Crippen LogP contribution in [-0.2, 0) is 32.1 Å². The molecule has 0 saturated heterocycles. The van der Waals surface area contributed by atoms with E-state index in [9.17, 15) is 28.8 Å². The molecule has 2 aromatic carbocycles. The highest BCUT2D eigenvalue weighted by Gasteiger charge is 2.41. The Morgan fingerprint density at radius 1 is 0.898 bits per heavy atom. The van der Waals surface area contributed by atoms with E-state index >= 15 is 0 Å². The molecule has 3 atom stereocenters. The first-order valence-electron chi connectivity index (χ1n) is 16.1.